The first-order chi connectivity index (χ1) is 20.3. The van der Waals surface area contributed by atoms with E-state index < -0.39 is 29.5 Å². The smallest absolute Gasteiger partial charge is 0.335 e. The number of hydrogen-bond donors (Lipinski definition) is 2. The third-order valence-electron chi connectivity index (χ3n) is 6.83. The molecule has 2 N–H and O–H groups in total. The van der Waals surface area contributed by atoms with Crippen molar-refractivity contribution in [1.29, 1.82) is 5.26 Å². The number of aromatic carboxylic acids is 1. The number of carbonyl (C=O) groups is 4. The van der Waals surface area contributed by atoms with Gasteiger partial charge in [-0.3, -0.25) is 19.3 Å². The van der Waals surface area contributed by atoms with E-state index in [1.165, 1.54) is 54.6 Å². The SMILES string of the molecule is N#Cc1c(C2=CCC(=O)N2C(=O)CN2CCOCC2)nn(C(=O)c2cccc(C(=O)O)c2)c1NCc1ccc(F)cc1. The fraction of sp³-hybridized carbons (Fsp3) is 0.241. The van der Waals surface area contributed by atoms with Crippen molar-refractivity contribution in [2.75, 3.05) is 38.2 Å². The van der Waals surface area contributed by atoms with Crippen LogP contribution in [0, 0.1) is 17.1 Å². The van der Waals surface area contributed by atoms with E-state index in [1.807, 2.05) is 11.0 Å². The van der Waals surface area contributed by atoms with E-state index in [0.29, 0.717) is 31.9 Å². The van der Waals surface area contributed by atoms with Crippen LogP contribution in [0.3, 0.4) is 0 Å². The van der Waals surface area contributed by atoms with Crippen LogP contribution in [0.4, 0.5) is 10.2 Å². The summed E-state index contributed by atoms with van der Waals surface area (Å²) < 4.78 is 19.7. The number of imide groups is 1. The van der Waals surface area contributed by atoms with Crippen LogP contribution in [0.5, 0.6) is 0 Å². The minimum Gasteiger partial charge on any atom is -0.478 e. The van der Waals surface area contributed by atoms with Crippen LogP contribution in [0.15, 0.2) is 54.6 Å². The van der Waals surface area contributed by atoms with Crippen molar-refractivity contribution < 1.29 is 33.4 Å². The molecule has 1 saturated heterocycles. The average Bonchev–Trinajstić information content (AvgIpc) is 3.56. The molecule has 13 heteroatoms. The van der Waals surface area contributed by atoms with Gasteiger partial charge < -0.3 is 15.2 Å². The number of aromatic nitrogens is 2. The summed E-state index contributed by atoms with van der Waals surface area (Å²) in [6.07, 6.45) is 1.38. The van der Waals surface area contributed by atoms with Crippen molar-refractivity contribution in [3.05, 3.63) is 88.4 Å². The first kappa shape index (κ1) is 28.3. The largest absolute Gasteiger partial charge is 0.478 e. The van der Waals surface area contributed by atoms with Gasteiger partial charge in [0.05, 0.1) is 31.0 Å². The van der Waals surface area contributed by atoms with E-state index >= 15 is 0 Å². The van der Waals surface area contributed by atoms with E-state index in [9.17, 15) is 33.9 Å². The number of amides is 2. The van der Waals surface area contributed by atoms with E-state index in [0.717, 1.165) is 9.58 Å². The molecule has 0 bridgehead atoms. The molecule has 2 aliphatic heterocycles. The van der Waals surface area contributed by atoms with Gasteiger partial charge in [-0.15, -0.1) is 0 Å². The number of carboxylic acid groups (broad SMARTS) is 1. The Morgan fingerprint density at radius 2 is 1.81 bits per heavy atom. The highest BCUT2D eigenvalue weighted by atomic mass is 19.1. The van der Waals surface area contributed by atoms with Crippen molar-refractivity contribution in [2.24, 2.45) is 0 Å². The molecule has 0 unspecified atom stereocenters. The second-order valence-electron chi connectivity index (χ2n) is 9.57. The minimum absolute atomic E-state index is 0.0185. The number of nitrogens with one attached hydrogen (secondary N) is 1. The molecule has 5 rings (SSSR count). The lowest BCUT2D eigenvalue weighted by molar-refractivity contribution is -0.140. The fourth-order valence-corrected chi connectivity index (χ4v) is 4.71. The van der Waals surface area contributed by atoms with Crippen molar-refractivity contribution in [2.45, 2.75) is 13.0 Å². The van der Waals surface area contributed by atoms with E-state index in [4.69, 9.17) is 4.74 Å². The van der Waals surface area contributed by atoms with Gasteiger partial charge in [-0.1, -0.05) is 18.2 Å². The topological polar surface area (TPSA) is 158 Å². The highest BCUT2D eigenvalue weighted by molar-refractivity contribution is 6.09. The van der Waals surface area contributed by atoms with Gasteiger partial charge in [-0.2, -0.15) is 15.0 Å². The minimum atomic E-state index is -1.23. The molecular weight excluding hydrogens is 547 g/mol. The van der Waals surface area contributed by atoms with E-state index in [-0.39, 0.29) is 53.4 Å². The molecule has 0 aliphatic carbocycles. The standard InChI is InChI=1S/C29H25FN6O6/c30-21-6-4-18(5-7-21)16-32-27-22(15-31)26(33-36(27)28(39)19-2-1-3-20(14-19)29(40)41)23-8-9-24(37)35(23)25(38)17-34-10-12-42-13-11-34/h1-8,14,32H,9-13,16-17H2,(H,40,41). The molecule has 2 amide bonds. The second kappa shape index (κ2) is 12.1. The summed E-state index contributed by atoms with van der Waals surface area (Å²) in [7, 11) is 0. The predicted molar refractivity (Wildman–Crippen MR) is 146 cm³/mol. The predicted octanol–water partition coefficient (Wildman–Crippen LogP) is 2.32. The molecule has 0 spiro atoms. The summed E-state index contributed by atoms with van der Waals surface area (Å²) in [6.45, 7) is 1.98. The first-order valence-corrected chi connectivity index (χ1v) is 13.0. The molecule has 12 nitrogen and oxygen atoms in total. The van der Waals surface area contributed by atoms with Gasteiger partial charge in [0.15, 0.2) is 5.82 Å². The number of halogens is 1. The number of ether oxygens (including phenoxy) is 1. The molecule has 0 atom stereocenters. The van der Waals surface area contributed by atoms with Crippen LogP contribution < -0.4 is 5.32 Å². The number of hydrogen-bond acceptors (Lipinski definition) is 9. The van der Waals surface area contributed by atoms with Crippen molar-refractivity contribution in [1.82, 2.24) is 19.6 Å². The zero-order valence-corrected chi connectivity index (χ0v) is 22.2. The Labute approximate surface area is 239 Å². The fourth-order valence-electron chi connectivity index (χ4n) is 4.71. The molecule has 2 aromatic carbocycles. The van der Waals surface area contributed by atoms with Crippen molar-refractivity contribution >= 4 is 35.2 Å². The maximum atomic E-state index is 13.7. The molecule has 214 valence electrons. The maximum absolute atomic E-state index is 13.7. The monoisotopic (exact) mass is 572 g/mol. The number of benzene rings is 2. The van der Waals surface area contributed by atoms with Gasteiger partial charge in [0.2, 0.25) is 11.8 Å². The molecule has 1 aromatic heterocycles. The molecule has 3 aromatic rings. The van der Waals surface area contributed by atoms with Crippen LogP contribution >= 0.6 is 0 Å². The van der Waals surface area contributed by atoms with Crippen LogP contribution in [0.25, 0.3) is 5.70 Å². The quantitative estimate of drug-likeness (QED) is 0.410. The lowest BCUT2D eigenvalue weighted by atomic mass is 10.1. The van der Waals surface area contributed by atoms with Gasteiger partial charge in [0.1, 0.15) is 23.1 Å². The van der Waals surface area contributed by atoms with E-state index in [1.54, 1.807) is 0 Å². The Morgan fingerprint density at radius 1 is 1.10 bits per heavy atom. The van der Waals surface area contributed by atoms with Gasteiger partial charge in [-0.05, 0) is 42.0 Å². The molecular formula is C29H25FN6O6. The highest BCUT2D eigenvalue weighted by Gasteiger charge is 2.36. The van der Waals surface area contributed by atoms with Crippen LogP contribution in [-0.2, 0) is 20.9 Å². The summed E-state index contributed by atoms with van der Waals surface area (Å²) in [5.41, 5.74) is 0.388. The summed E-state index contributed by atoms with van der Waals surface area (Å²) in [4.78, 5) is 54.1. The molecule has 2 aliphatic rings. The number of nitrogens with zero attached hydrogens (tertiary/aromatic N) is 5. The summed E-state index contributed by atoms with van der Waals surface area (Å²) in [5.74, 6) is -3.46. The van der Waals surface area contributed by atoms with Gasteiger partial charge in [0.25, 0.3) is 5.91 Å². The van der Waals surface area contributed by atoms with Crippen LogP contribution in [-0.4, -0.2) is 81.2 Å². The number of carbonyl (C=O) groups excluding carboxylic acids is 3. The zero-order valence-electron chi connectivity index (χ0n) is 22.2. The third-order valence-corrected chi connectivity index (χ3v) is 6.83. The molecule has 1 fully saturated rings. The molecule has 3 heterocycles. The third kappa shape index (κ3) is 5.80. The van der Waals surface area contributed by atoms with Crippen molar-refractivity contribution in [3.63, 3.8) is 0 Å². The normalized spacial score (nSPS) is 15.3. The number of morpholine rings is 1. The molecule has 42 heavy (non-hydrogen) atoms. The Hall–Kier alpha value is -5.19. The van der Waals surface area contributed by atoms with Gasteiger partial charge in [0, 0.05) is 31.6 Å². The van der Waals surface area contributed by atoms with Crippen molar-refractivity contribution in [3.8, 4) is 6.07 Å². The number of nitriles is 1. The lowest BCUT2D eigenvalue weighted by Gasteiger charge is -2.28. The number of anilines is 1. The lowest BCUT2D eigenvalue weighted by Crippen LogP contribution is -2.45. The summed E-state index contributed by atoms with van der Waals surface area (Å²) >= 11 is 0. The van der Waals surface area contributed by atoms with Gasteiger partial charge in [-0.25, -0.2) is 14.1 Å². The van der Waals surface area contributed by atoms with Gasteiger partial charge >= 0.3 is 5.97 Å². The highest BCUT2D eigenvalue weighted by Crippen LogP contribution is 2.33. The van der Waals surface area contributed by atoms with Crippen LogP contribution in [0.1, 0.15) is 44.0 Å². The zero-order chi connectivity index (χ0) is 29.8. The average molecular weight is 573 g/mol. The summed E-state index contributed by atoms with van der Waals surface area (Å²) in [6, 6.07) is 12.9. The summed E-state index contributed by atoms with van der Waals surface area (Å²) in [5, 5.41) is 27.0. The Morgan fingerprint density at radius 3 is 2.50 bits per heavy atom. The van der Waals surface area contributed by atoms with E-state index in [2.05, 4.69) is 10.4 Å². The Kier molecular flexibility index (Phi) is 8.19. The molecule has 0 radical (unpaired) electrons. The molecule has 0 saturated carbocycles. The second-order valence-corrected chi connectivity index (χ2v) is 9.57. The number of carboxylic acids is 1. The Balaban J connectivity index is 1.54. The maximum Gasteiger partial charge on any atom is 0.335 e. The Bertz CT molecular complexity index is 1630. The first-order valence-electron chi connectivity index (χ1n) is 13.0. The van der Waals surface area contributed by atoms with Crippen LogP contribution in [0.2, 0.25) is 0 Å². The number of rotatable bonds is 8.